The number of halogens is 2. The highest BCUT2D eigenvalue weighted by molar-refractivity contribution is 4.77. The Bertz CT molecular complexity index is 114. The average molecular weight is 181 g/mol. The van der Waals surface area contributed by atoms with E-state index in [9.17, 15) is 8.78 Å². The fraction of sp³-hybridized carbons (Fsp3) is 0.875. The third kappa shape index (κ3) is 3.45. The molecule has 0 saturated heterocycles. The van der Waals surface area contributed by atoms with E-state index in [0.717, 1.165) is 6.42 Å². The minimum absolute atomic E-state index is 0.451. The van der Waals surface area contributed by atoms with Gasteiger partial charge in [0.1, 0.15) is 0 Å². The maximum absolute atomic E-state index is 12.0. The molecule has 0 aromatic heterocycles. The van der Waals surface area contributed by atoms with Gasteiger partial charge in [0.15, 0.2) is 5.79 Å². The van der Waals surface area contributed by atoms with Gasteiger partial charge in [0.05, 0.1) is 6.42 Å². The summed E-state index contributed by atoms with van der Waals surface area (Å²) in [6.45, 7) is 1.89. The van der Waals surface area contributed by atoms with Crippen LogP contribution in [-0.4, -0.2) is 20.0 Å². The molecule has 0 spiro atoms. The normalized spacial score (nSPS) is 12.5. The molecule has 2 nitrogen and oxygen atoms in total. The molecule has 0 aromatic carbocycles. The van der Waals surface area contributed by atoms with Crippen LogP contribution in [0.5, 0.6) is 0 Å². The molecule has 0 aliphatic heterocycles. The average Bonchev–Trinajstić information content (AvgIpc) is 2.03. The topological polar surface area (TPSA) is 18.5 Å². The van der Waals surface area contributed by atoms with E-state index in [0.29, 0.717) is 6.42 Å². The number of rotatable bonds is 6. The second-order valence-electron chi connectivity index (χ2n) is 2.58. The molecule has 73 valence electrons. The van der Waals surface area contributed by atoms with Crippen molar-refractivity contribution < 1.29 is 18.3 Å². The monoisotopic (exact) mass is 181 g/mol. The van der Waals surface area contributed by atoms with Crippen LogP contribution in [0.2, 0.25) is 0 Å². The second kappa shape index (κ2) is 5.43. The van der Waals surface area contributed by atoms with Gasteiger partial charge >= 0.3 is 6.43 Å². The molecule has 0 amide bonds. The van der Waals surface area contributed by atoms with Crippen molar-refractivity contribution in [1.29, 1.82) is 0 Å². The Morgan fingerprint density at radius 1 is 1.25 bits per heavy atom. The largest absolute Gasteiger partial charge is 0.353 e. The standard InChI is InChI=1S/C8H15F2O2/c1-4-5-8(11-2,12-3)6-7(9)10/h4-6H2,1-3H3. The molecular formula is C8H15F2O2. The smallest absolute Gasteiger partial charge is 0.315 e. The maximum atomic E-state index is 12.0. The molecule has 1 radical (unpaired) electrons. The van der Waals surface area contributed by atoms with Crippen molar-refractivity contribution in [3.63, 3.8) is 0 Å². The van der Waals surface area contributed by atoms with Gasteiger partial charge in [-0.3, -0.25) is 0 Å². The minimum atomic E-state index is -1.66. The van der Waals surface area contributed by atoms with Crippen molar-refractivity contribution in [2.75, 3.05) is 14.2 Å². The lowest BCUT2D eigenvalue weighted by atomic mass is 10.1. The van der Waals surface area contributed by atoms with Gasteiger partial charge in [-0.15, -0.1) is 0 Å². The van der Waals surface area contributed by atoms with Crippen molar-refractivity contribution >= 4 is 0 Å². The molecule has 0 aliphatic carbocycles. The summed E-state index contributed by atoms with van der Waals surface area (Å²) in [5.74, 6) is -1.13. The minimum Gasteiger partial charge on any atom is -0.353 e. The Labute approximate surface area is 71.9 Å². The predicted molar refractivity (Wildman–Crippen MR) is 41.7 cm³/mol. The van der Waals surface area contributed by atoms with Crippen LogP contribution in [0, 0.1) is 6.43 Å². The highest BCUT2D eigenvalue weighted by atomic mass is 19.3. The van der Waals surface area contributed by atoms with Crippen molar-refractivity contribution in [3.05, 3.63) is 6.43 Å². The molecule has 0 N–H and O–H groups in total. The molecule has 0 fully saturated rings. The quantitative estimate of drug-likeness (QED) is 0.586. The van der Waals surface area contributed by atoms with Gasteiger partial charge in [0.2, 0.25) is 0 Å². The molecule has 0 saturated carbocycles. The summed E-state index contributed by atoms with van der Waals surface area (Å²) in [5.41, 5.74) is 0. The highest BCUT2D eigenvalue weighted by Gasteiger charge is 2.33. The third-order valence-electron chi connectivity index (χ3n) is 1.78. The van der Waals surface area contributed by atoms with Crippen LogP contribution >= 0.6 is 0 Å². The molecule has 0 heterocycles. The fourth-order valence-corrected chi connectivity index (χ4v) is 1.10. The van der Waals surface area contributed by atoms with Crippen LogP contribution in [0.3, 0.4) is 0 Å². The van der Waals surface area contributed by atoms with Crippen LogP contribution < -0.4 is 0 Å². The molecule has 0 bridgehead atoms. The molecule has 0 unspecified atom stereocenters. The molecule has 0 aromatic rings. The highest BCUT2D eigenvalue weighted by Crippen LogP contribution is 2.29. The Morgan fingerprint density at radius 2 is 1.75 bits per heavy atom. The maximum Gasteiger partial charge on any atom is 0.315 e. The van der Waals surface area contributed by atoms with Crippen molar-refractivity contribution in [3.8, 4) is 0 Å². The van der Waals surface area contributed by atoms with Crippen LogP contribution in [0.1, 0.15) is 26.2 Å². The predicted octanol–water partition coefficient (Wildman–Crippen LogP) is 2.59. The third-order valence-corrected chi connectivity index (χ3v) is 1.78. The summed E-state index contributed by atoms with van der Waals surface area (Å²) in [5, 5.41) is 0. The molecule has 12 heavy (non-hydrogen) atoms. The Morgan fingerprint density at radius 3 is 2.00 bits per heavy atom. The summed E-state index contributed by atoms with van der Waals surface area (Å²) in [6.07, 6.45) is -0.896. The number of methoxy groups -OCH3 is 2. The Hall–Kier alpha value is -0.220. The van der Waals surface area contributed by atoms with E-state index in [1.165, 1.54) is 14.2 Å². The van der Waals surface area contributed by atoms with Crippen LogP contribution in [0.15, 0.2) is 0 Å². The fourth-order valence-electron chi connectivity index (χ4n) is 1.10. The first-order valence-corrected chi connectivity index (χ1v) is 3.87. The van der Waals surface area contributed by atoms with Crippen LogP contribution in [0.4, 0.5) is 8.78 Å². The van der Waals surface area contributed by atoms with Gasteiger partial charge in [0.25, 0.3) is 0 Å². The first-order chi connectivity index (χ1) is 5.60. The van der Waals surface area contributed by atoms with E-state index in [2.05, 4.69) is 0 Å². The second-order valence-corrected chi connectivity index (χ2v) is 2.58. The van der Waals surface area contributed by atoms with Crippen molar-refractivity contribution in [2.24, 2.45) is 0 Å². The lowest BCUT2D eigenvalue weighted by Crippen LogP contribution is -2.34. The molecular weight excluding hydrogens is 166 g/mol. The first kappa shape index (κ1) is 11.8. The van der Waals surface area contributed by atoms with E-state index in [1.54, 1.807) is 0 Å². The zero-order valence-electron chi connectivity index (χ0n) is 7.69. The summed E-state index contributed by atoms with van der Waals surface area (Å²) >= 11 is 0. The molecule has 0 aliphatic rings. The number of ether oxygens (including phenoxy) is 2. The van der Waals surface area contributed by atoms with Crippen LogP contribution in [-0.2, 0) is 9.47 Å². The number of hydrogen-bond acceptors (Lipinski definition) is 2. The van der Waals surface area contributed by atoms with E-state index in [-0.39, 0.29) is 0 Å². The van der Waals surface area contributed by atoms with Crippen molar-refractivity contribution in [2.45, 2.75) is 32.0 Å². The summed E-state index contributed by atoms with van der Waals surface area (Å²) in [4.78, 5) is 0. The van der Waals surface area contributed by atoms with E-state index < -0.39 is 18.6 Å². The molecule has 4 heteroatoms. The Balaban J connectivity index is 4.13. The van der Waals surface area contributed by atoms with Gasteiger partial charge in [-0.2, -0.15) is 8.78 Å². The summed E-state index contributed by atoms with van der Waals surface area (Å²) < 4.78 is 33.8. The van der Waals surface area contributed by atoms with Gasteiger partial charge in [0, 0.05) is 20.6 Å². The van der Waals surface area contributed by atoms with E-state index >= 15 is 0 Å². The summed E-state index contributed by atoms with van der Waals surface area (Å²) in [6, 6.07) is 0. The van der Waals surface area contributed by atoms with Gasteiger partial charge < -0.3 is 9.47 Å². The lowest BCUT2D eigenvalue weighted by Gasteiger charge is -2.29. The molecule has 0 atom stereocenters. The lowest BCUT2D eigenvalue weighted by molar-refractivity contribution is -0.219. The molecule has 0 rings (SSSR count). The Kier molecular flexibility index (Phi) is 5.33. The number of hydrogen-bond donors (Lipinski definition) is 0. The first-order valence-electron chi connectivity index (χ1n) is 3.87. The SMILES string of the molecule is CCCC(C[C](F)F)(OC)OC. The van der Waals surface area contributed by atoms with Gasteiger partial charge in [-0.05, 0) is 0 Å². The van der Waals surface area contributed by atoms with Gasteiger partial charge in [-0.1, -0.05) is 13.3 Å². The van der Waals surface area contributed by atoms with E-state index in [1.807, 2.05) is 6.92 Å². The van der Waals surface area contributed by atoms with Crippen LogP contribution in [0.25, 0.3) is 0 Å². The zero-order valence-corrected chi connectivity index (χ0v) is 7.69. The van der Waals surface area contributed by atoms with Crippen molar-refractivity contribution in [1.82, 2.24) is 0 Å². The van der Waals surface area contributed by atoms with Gasteiger partial charge in [-0.25, -0.2) is 0 Å². The van der Waals surface area contributed by atoms with E-state index in [4.69, 9.17) is 9.47 Å². The zero-order chi connectivity index (χ0) is 9.61. The summed E-state index contributed by atoms with van der Waals surface area (Å²) in [7, 11) is 2.75.